The highest BCUT2D eigenvalue weighted by Gasteiger charge is 2.09. The van der Waals surface area contributed by atoms with Gasteiger partial charge in [0.1, 0.15) is 0 Å². The van der Waals surface area contributed by atoms with Crippen molar-refractivity contribution < 1.29 is 5.11 Å². The van der Waals surface area contributed by atoms with Crippen LogP contribution in [0.25, 0.3) is 0 Å². The Morgan fingerprint density at radius 3 is 2.82 bits per heavy atom. The van der Waals surface area contributed by atoms with Crippen molar-refractivity contribution in [1.82, 2.24) is 0 Å². The summed E-state index contributed by atoms with van der Waals surface area (Å²) in [5.74, 6) is 0. The van der Waals surface area contributed by atoms with Crippen LogP contribution in [0.3, 0.4) is 0 Å². The van der Waals surface area contributed by atoms with Crippen LogP contribution in [0.1, 0.15) is 24.1 Å². The van der Waals surface area contributed by atoms with Gasteiger partial charge in [0.15, 0.2) is 0 Å². The van der Waals surface area contributed by atoms with E-state index >= 15 is 0 Å². The maximum atomic E-state index is 9.25. The van der Waals surface area contributed by atoms with Crippen LogP contribution in [0.15, 0.2) is 35.7 Å². The third-order valence-electron chi connectivity index (χ3n) is 2.65. The Hall–Kier alpha value is -1.03. The number of anilines is 1. The molecule has 0 spiro atoms. The molecule has 1 heterocycles. The van der Waals surface area contributed by atoms with Gasteiger partial charge in [0, 0.05) is 17.3 Å². The fraction of sp³-hybridized carbons (Fsp3) is 0.231. The molecule has 1 aromatic carbocycles. The number of para-hydroxylation sites is 1. The lowest BCUT2D eigenvalue weighted by Crippen LogP contribution is -2.07. The highest BCUT2D eigenvalue weighted by Crippen LogP contribution is 2.28. The molecule has 2 aromatic rings. The van der Waals surface area contributed by atoms with E-state index in [9.17, 15) is 5.11 Å². The molecule has 0 saturated carbocycles. The summed E-state index contributed by atoms with van der Waals surface area (Å²) >= 11 is 7.45. The molecule has 4 heteroatoms. The zero-order chi connectivity index (χ0) is 12.3. The van der Waals surface area contributed by atoms with Crippen molar-refractivity contribution in [3.63, 3.8) is 0 Å². The van der Waals surface area contributed by atoms with Gasteiger partial charge in [-0.15, -0.1) is 11.3 Å². The van der Waals surface area contributed by atoms with Crippen LogP contribution >= 0.6 is 22.9 Å². The van der Waals surface area contributed by atoms with Gasteiger partial charge in [0.2, 0.25) is 0 Å². The molecule has 1 unspecified atom stereocenters. The maximum absolute atomic E-state index is 9.25. The van der Waals surface area contributed by atoms with Gasteiger partial charge in [-0.3, -0.25) is 0 Å². The SMILES string of the molecule is CC(Nc1ccccc1CO)c1csc(Cl)c1. The largest absolute Gasteiger partial charge is 0.392 e. The first kappa shape index (κ1) is 12.4. The third kappa shape index (κ3) is 3.00. The number of hydrogen-bond donors (Lipinski definition) is 2. The van der Waals surface area contributed by atoms with Gasteiger partial charge < -0.3 is 10.4 Å². The Morgan fingerprint density at radius 2 is 2.18 bits per heavy atom. The number of thiophene rings is 1. The second kappa shape index (κ2) is 5.54. The van der Waals surface area contributed by atoms with Crippen LogP contribution in [-0.4, -0.2) is 5.11 Å². The number of halogens is 1. The van der Waals surface area contributed by atoms with E-state index in [4.69, 9.17) is 11.6 Å². The van der Waals surface area contributed by atoms with Crippen molar-refractivity contribution in [3.8, 4) is 0 Å². The number of rotatable bonds is 4. The minimum Gasteiger partial charge on any atom is -0.392 e. The van der Waals surface area contributed by atoms with Crippen molar-refractivity contribution in [2.75, 3.05) is 5.32 Å². The zero-order valence-corrected chi connectivity index (χ0v) is 11.1. The molecule has 0 amide bonds. The second-order valence-corrected chi connectivity index (χ2v) is 5.41. The summed E-state index contributed by atoms with van der Waals surface area (Å²) in [6.45, 7) is 2.12. The zero-order valence-electron chi connectivity index (χ0n) is 9.48. The van der Waals surface area contributed by atoms with E-state index < -0.39 is 0 Å². The lowest BCUT2D eigenvalue weighted by molar-refractivity contribution is 0.282. The predicted octanol–water partition coefficient (Wildman–Crippen LogP) is 4.07. The smallest absolute Gasteiger partial charge is 0.0931 e. The van der Waals surface area contributed by atoms with E-state index in [1.165, 1.54) is 11.3 Å². The molecule has 1 aromatic heterocycles. The molecule has 17 heavy (non-hydrogen) atoms. The first-order chi connectivity index (χ1) is 8.20. The molecule has 0 aliphatic heterocycles. The van der Waals surface area contributed by atoms with Crippen LogP contribution < -0.4 is 5.32 Å². The van der Waals surface area contributed by atoms with Crippen molar-refractivity contribution in [2.24, 2.45) is 0 Å². The fourth-order valence-corrected chi connectivity index (χ4v) is 2.65. The highest BCUT2D eigenvalue weighted by molar-refractivity contribution is 7.14. The molecular formula is C13H14ClNOS. The Kier molecular flexibility index (Phi) is 4.05. The molecule has 90 valence electrons. The Labute approximate surface area is 110 Å². The standard InChI is InChI=1S/C13H14ClNOS/c1-9(11-6-13(14)17-8-11)15-12-5-3-2-4-10(12)7-16/h2-6,8-9,15-16H,7H2,1H3. The van der Waals surface area contributed by atoms with Crippen LogP contribution in [0.5, 0.6) is 0 Å². The maximum Gasteiger partial charge on any atom is 0.0931 e. The number of benzene rings is 1. The van der Waals surface area contributed by atoms with Gasteiger partial charge in [0.05, 0.1) is 10.9 Å². The van der Waals surface area contributed by atoms with Gasteiger partial charge in [-0.05, 0) is 30.0 Å². The summed E-state index contributed by atoms with van der Waals surface area (Å²) in [6, 6.07) is 9.89. The summed E-state index contributed by atoms with van der Waals surface area (Å²) in [6.07, 6.45) is 0. The highest BCUT2D eigenvalue weighted by atomic mass is 35.5. The van der Waals surface area contributed by atoms with E-state index in [1.54, 1.807) is 0 Å². The monoisotopic (exact) mass is 267 g/mol. The summed E-state index contributed by atoms with van der Waals surface area (Å²) in [5, 5.41) is 14.7. The minimum absolute atomic E-state index is 0.0420. The van der Waals surface area contributed by atoms with E-state index in [0.29, 0.717) is 0 Å². The van der Waals surface area contributed by atoms with Gasteiger partial charge in [-0.25, -0.2) is 0 Å². The molecule has 0 aliphatic carbocycles. The Bertz CT molecular complexity index is 498. The van der Waals surface area contributed by atoms with Crippen LogP contribution in [0.2, 0.25) is 4.34 Å². The van der Waals surface area contributed by atoms with E-state index in [-0.39, 0.29) is 12.6 Å². The lowest BCUT2D eigenvalue weighted by Gasteiger charge is -2.16. The first-order valence-corrected chi connectivity index (χ1v) is 6.65. The van der Waals surface area contributed by atoms with Crippen LogP contribution in [0.4, 0.5) is 5.69 Å². The predicted molar refractivity (Wildman–Crippen MR) is 73.7 cm³/mol. The molecule has 0 bridgehead atoms. The number of nitrogens with one attached hydrogen (secondary N) is 1. The summed E-state index contributed by atoms with van der Waals surface area (Å²) in [4.78, 5) is 0. The molecular weight excluding hydrogens is 254 g/mol. The van der Waals surface area contributed by atoms with Gasteiger partial charge in [-0.2, -0.15) is 0 Å². The number of aliphatic hydroxyl groups is 1. The van der Waals surface area contributed by atoms with E-state index in [1.807, 2.05) is 35.7 Å². The van der Waals surface area contributed by atoms with Gasteiger partial charge in [-0.1, -0.05) is 29.8 Å². The first-order valence-electron chi connectivity index (χ1n) is 5.40. The quantitative estimate of drug-likeness (QED) is 0.875. The van der Waals surface area contributed by atoms with Crippen molar-refractivity contribution in [3.05, 3.63) is 51.2 Å². The van der Waals surface area contributed by atoms with Crippen molar-refractivity contribution >= 4 is 28.6 Å². The summed E-state index contributed by atoms with van der Waals surface area (Å²) < 4.78 is 0.795. The topological polar surface area (TPSA) is 32.3 Å². The Morgan fingerprint density at radius 1 is 1.41 bits per heavy atom. The molecule has 1 atom stereocenters. The third-order valence-corrected chi connectivity index (χ3v) is 3.76. The van der Waals surface area contributed by atoms with Gasteiger partial charge in [0.25, 0.3) is 0 Å². The normalized spacial score (nSPS) is 12.4. The molecule has 2 rings (SSSR count). The average Bonchev–Trinajstić information content (AvgIpc) is 2.77. The Balaban J connectivity index is 2.15. The summed E-state index contributed by atoms with van der Waals surface area (Å²) in [7, 11) is 0. The van der Waals surface area contributed by atoms with Crippen molar-refractivity contribution in [2.45, 2.75) is 19.6 Å². The van der Waals surface area contributed by atoms with Gasteiger partial charge >= 0.3 is 0 Å². The van der Waals surface area contributed by atoms with Crippen LogP contribution in [-0.2, 0) is 6.61 Å². The second-order valence-electron chi connectivity index (χ2n) is 3.87. The molecule has 0 radical (unpaired) electrons. The van der Waals surface area contributed by atoms with E-state index in [2.05, 4.69) is 12.2 Å². The molecule has 0 saturated heterocycles. The van der Waals surface area contributed by atoms with Crippen molar-refractivity contribution in [1.29, 1.82) is 0 Å². The van der Waals surface area contributed by atoms with E-state index in [0.717, 1.165) is 21.2 Å². The molecule has 2 N–H and O–H groups in total. The molecule has 0 fully saturated rings. The lowest BCUT2D eigenvalue weighted by atomic mass is 10.1. The molecule has 0 aliphatic rings. The summed E-state index contributed by atoms with van der Waals surface area (Å²) in [5.41, 5.74) is 3.03. The fourth-order valence-electron chi connectivity index (χ4n) is 1.67. The molecule has 2 nitrogen and oxygen atoms in total. The minimum atomic E-state index is 0.0420. The number of hydrogen-bond acceptors (Lipinski definition) is 3. The number of aliphatic hydroxyl groups excluding tert-OH is 1. The van der Waals surface area contributed by atoms with Crippen LogP contribution in [0, 0.1) is 0 Å². The average molecular weight is 268 g/mol.